The topological polar surface area (TPSA) is 61.4 Å². The normalized spacial score (nSPS) is 13.6. The van der Waals surface area contributed by atoms with Crippen molar-refractivity contribution >= 4 is 29.2 Å². The average Bonchev–Trinajstić information content (AvgIpc) is 2.39. The molecule has 118 valence electrons. The van der Waals surface area contributed by atoms with Gasteiger partial charge in [0.2, 0.25) is 0 Å². The van der Waals surface area contributed by atoms with Crippen molar-refractivity contribution in [3.63, 3.8) is 0 Å². The fraction of sp³-hybridized carbons (Fsp3) is 0.533. The van der Waals surface area contributed by atoms with Gasteiger partial charge in [-0.25, -0.2) is 4.79 Å². The van der Waals surface area contributed by atoms with Crippen LogP contribution in [-0.2, 0) is 6.42 Å². The standard InChI is InChI=1S/C15H22Cl2N2O2/c1-10(8-11(2)20)9-19-15(21)18-7-6-12-13(16)4-3-5-14(12)17/h3-5,10-11,20H,6-9H2,1-2H3,(H2,18,19,21). The van der Waals surface area contributed by atoms with E-state index in [0.717, 1.165) is 5.56 Å². The second-order valence-corrected chi connectivity index (χ2v) is 6.09. The molecular weight excluding hydrogens is 311 g/mol. The summed E-state index contributed by atoms with van der Waals surface area (Å²) in [6, 6.07) is 5.12. The summed E-state index contributed by atoms with van der Waals surface area (Å²) in [6.45, 7) is 4.71. The van der Waals surface area contributed by atoms with Gasteiger partial charge < -0.3 is 15.7 Å². The molecule has 2 unspecified atom stereocenters. The van der Waals surface area contributed by atoms with E-state index in [1.807, 2.05) is 6.92 Å². The molecule has 0 aromatic heterocycles. The highest BCUT2D eigenvalue weighted by Crippen LogP contribution is 2.24. The lowest BCUT2D eigenvalue weighted by Crippen LogP contribution is -2.39. The van der Waals surface area contributed by atoms with Crippen LogP contribution in [0.3, 0.4) is 0 Å². The lowest BCUT2D eigenvalue weighted by molar-refractivity contribution is 0.163. The molecule has 21 heavy (non-hydrogen) atoms. The van der Waals surface area contributed by atoms with Crippen molar-refractivity contribution in [1.82, 2.24) is 10.6 Å². The lowest BCUT2D eigenvalue weighted by Gasteiger charge is -2.15. The molecular formula is C15H22Cl2N2O2. The smallest absolute Gasteiger partial charge is 0.314 e. The minimum absolute atomic E-state index is 0.226. The summed E-state index contributed by atoms with van der Waals surface area (Å²) in [5.74, 6) is 0.230. The molecule has 1 rings (SSSR count). The van der Waals surface area contributed by atoms with E-state index >= 15 is 0 Å². The minimum atomic E-state index is -0.354. The molecule has 0 aliphatic heterocycles. The molecule has 0 aliphatic carbocycles. The van der Waals surface area contributed by atoms with Crippen molar-refractivity contribution in [3.8, 4) is 0 Å². The number of carbonyl (C=O) groups excluding carboxylic acids is 1. The van der Waals surface area contributed by atoms with E-state index < -0.39 is 0 Å². The first-order chi connectivity index (χ1) is 9.90. The van der Waals surface area contributed by atoms with Crippen molar-refractivity contribution in [3.05, 3.63) is 33.8 Å². The van der Waals surface area contributed by atoms with E-state index in [1.54, 1.807) is 25.1 Å². The van der Waals surface area contributed by atoms with Crippen LogP contribution in [-0.4, -0.2) is 30.3 Å². The summed E-state index contributed by atoms with van der Waals surface area (Å²) in [4.78, 5) is 11.6. The highest BCUT2D eigenvalue weighted by molar-refractivity contribution is 6.35. The van der Waals surface area contributed by atoms with Gasteiger partial charge in [0.05, 0.1) is 6.10 Å². The molecule has 0 heterocycles. The summed E-state index contributed by atoms with van der Waals surface area (Å²) >= 11 is 12.1. The number of carbonyl (C=O) groups is 1. The summed E-state index contributed by atoms with van der Waals surface area (Å²) < 4.78 is 0. The van der Waals surface area contributed by atoms with E-state index in [9.17, 15) is 9.90 Å². The quantitative estimate of drug-likeness (QED) is 0.717. The third-order valence-corrected chi connectivity index (χ3v) is 3.79. The first kappa shape index (κ1) is 18.1. The van der Waals surface area contributed by atoms with Gasteiger partial charge in [-0.15, -0.1) is 0 Å². The van der Waals surface area contributed by atoms with E-state index in [1.165, 1.54) is 0 Å². The Hall–Kier alpha value is -0.970. The predicted octanol–water partition coefficient (Wildman–Crippen LogP) is 3.24. The molecule has 3 N–H and O–H groups in total. The van der Waals surface area contributed by atoms with Crippen LogP contribution in [0.5, 0.6) is 0 Å². The maximum Gasteiger partial charge on any atom is 0.314 e. The molecule has 4 nitrogen and oxygen atoms in total. The Morgan fingerprint density at radius 3 is 2.43 bits per heavy atom. The van der Waals surface area contributed by atoms with Crippen molar-refractivity contribution in [2.75, 3.05) is 13.1 Å². The van der Waals surface area contributed by atoms with Gasteiger partial charge in [0.1, 0.15) is 0 Å². The Balaban J connectivity index is 2.28. The molecule has 1 aromatic rings. The highest BCUT2D eigenvalue weighted by Gasteiger charge is 2.09. The molecule has 2 atom stereocenters. The summed E-state index contributed by atoms with van der Waals surface area (Å²) in [7, 11) is 0. The SMILES string of the molecule is CC(O)CC(C)CNC(=O)NCCc1c(Cl)cccc1Cl. The Morgan fingerprint density at radius 2 is 1.86 bits per heavy atom. The second kappa shape index (κ2) is 9.13. The van der Waals surface area contributed by atoms with Crippen molar-refractivity contribution in [1.29, 1.82) is 0 Å². The molecule has 0 saturated carbocycles. The van der Waals surface area contributed by atoms with Crippen LogP contribution in [0.4, 0.5) is 4.79 Å². The number of aliphatic hydroxyl groups excluding tert-OH is 1. The van der Waals surface area contributed by atoms with Crippen LogP contribution >= 0.6 is 23.2 Å². The van der Waals surface area contributed by atoms with Crippen LogP contribution in [0.2, 0.25) is 10.0 Å². The third-order valence-electron chi connectivity index (χ3n) is 3.08. The van der Waals surface area contributed by atoms with Gasteiger partial charge in [-0.2, -0.15) is 0 Å². The van der Waals surface area contributed by atoms with Gasteiger partial charge in [-0.05, 0) is 43.4 Å². The van der Waals surface area contributed by atoms with Crippen molar-refractivity contribution < 1.29 is 9.90 Å². The maximum atomic E-state index is 11.6. The fourth-order valence-corrected chi connectivity index (χ4v) is 2.65. The number of urea groups is 1. The molecule has 0 saturated heterocycles. The molecule has 1 aromatic carbocycles. The van der Waals surface area contributed by atoms with E-state index in [-0.39, 0.29) is 18.1 Å². The monoisotopic (exact) mass is 332 g/mol. The molecule has 0 aliphatic rings. The van der Waals surface area contributed by atoms with Crippen LogP contribution in [0, 0.1) is 5.92 Å². The first-order valence-electron chi connectivity index (χ1n) is 7.02. The Labute approximate surface area is 135 Å². The number of amides is 2. The predicted molar refractivity (Wildman–Crippen MR) is 87.0 cm³/mol. The van der Waals surface area contributed by atoms with Gasteiger partial charge in [0, 0.05) is 23.1 Å². The summed E-state index contributed by atoms with van der Waals surface area (Å²) in [6.07, 6.45) is 0.886. The van der Waals surface area contributed by atoms with E-state index in [2.05, 4.69) is 10.6 Å². The van der Waals surface area contributed by atoms with Gasteiger partial charge in [-0.1, -0.05) is 36.2 Å². The molecule has 0 spiro atoms. The Bertz CT molecular complexity index is 447. The fourth-order valence-electron chi connectivity index (χ4n) is 2.07. The maximum absolute atomic E-state index is 11.6. The van der Waals surface area contributed by atoms with Gasteiger partial charge in [0.15, 0.2) is 0 Å². The molecule has 6 heteroatoms. The van der Waals surface area contributed by atoms with Gasteiger partial charge in [-0.3, -0.25) is 0 Å². The van der Waals surface area contributed by atoms with Gasteiger partial charge >= 0.3 is 6.03 Å². The van der Waals surface area contributed by atoms with Crippen LogP contribution in [0.25, 0.3) is 0 Å². The molecule has 2 amide bonds. The molecule has 0 fully saturated rings. The molecule has 0 bridgehead atoms. The van der Waals surface area contributed by atoms with Crippen LogP contribution < -0.4 is 10.6 Å². The number of benzene rings is 1. The second-order valence-electron chi connectivity index (χ2n) is 5.28. The zero-order valence-corrected chi connectivity index (χ0v) is 13.8. The van der Waals surface area contributed by atoms with E-state index in [0.29, 0.717) is 36.0 Å². The zero-order valence-electron chi connectivity index (χ0n) is 12.3. The third kappa shape index (κ3) is 7.02. The zero-order chi connectivity index (χ0) is 15.8. The number of nitrogens with one attached hydrogen (secondary N) is 2. The first-order valence-corrected chi connectivity index (χ1v) is 7.78. The number of rotatable bonds is 7. The van der Waals surface area contributed by atoms with Crippen LogP contribution in [0.1, 0.15) is 25.8 Å². The largest absolute Gasteiger partial charge is 0.393 e. The Kier molecular flexibility index (Phi) is 7.86. The lowest BCUT2D eigenvalue weighted by atomic mass is 10.1. The van der Waals surface area contributed by atoms with E-state index in [4.69, 9.17) is 23.2 Å². The average molecular weight is 333 g/mol. The number of halogens is 2. The van der Waals surface area contributed by atoms with Crippen molar-refractivity contribution in [2.24, 2.45) is 5.92 Å². The minimum Gasteiger partial charge on any atom is -0.393 e. The highest BCUT2D eigenvalue weighted by atomic mass is 35.5. The number of hydrogen-bond acceptors (Lipinski definition) is 2. The summed E-state index contributed by atoms with van der Waals surface area (Å²) in [5, 5.41) is 16.0. The molecule has 0 radical (unpaired) electrons. The number of aliphatic hydroxyl groups is 1. The van der Waals surface area contributed by atoms with Crippen molar-refractivity contribution in [2.45, 2.75) is 32.8 Å². The number of hydrogen-bond donors (Lipinski definition) is 3. The Morgan fingerprint density at radius 1 is 1.24 bits per heavy atom. The van der Waals surface area contributed by atoms with Gasteiger partial charge in [0.25, 0.3) is 0 Å². The van der Waals surface area contributed by atoms with Crippen LogP contribution in [0.15, 0.2) is 18.2 Å². The summed E-state index contributed by atoms with van der Waals surface area (Å²) in [5.41, 5.74) is 0.837.